The summed E-state index contributed by atoms with van der Waals surface area (Å²) in [7, 11) is 0. The van der Waals surface area contributed by atoms with Gasteiger partial charge in [-0.15, -0.1) is 11.3 Å². The van der Waals surface area contributed by atoms with E-state index in [9.17, 15) is 4.79 Å². The number of carbonyl (C=O) groups excluding carboxylic acids is 1. The highest BCUT2D eigenvalue weighted by atomic mass is 32.1. The number of rotatable bonds is 10. The van der Waals surface area contributed by atoms with Gasteiger partial charge < -0.3 is 10.6 Å². The maximum absolute atomic E-state index is 13.7. The first-order chi connectivity index (χ1) is 15.0. The number of aryl methyl sites for hydroxylation is 1. The number of piperidine rings is 1. The molecule has 1 unspecified atom stereocenters. The lowest BCUT2D eigenvalue weighted by Crippen LogP contribution is -2.47. The van der Waals surface area contributed by atoms with Crippen molar-refractivity contribution in [3.63, 3.8) is 0 Å². The van der Waals surface area contributed by atoms with Crippen LogP contribution in [0, 0.1) is 12.8 Å². The summed E-state index contributed by atoms with van der Waals surface area (Å²) in [6.45, 7) is 8.50. The van der Waals surface area contributed by atoms with E-state index in [-0.39, 0.29) is 11.8 Å². The Bertz CT molecular complexity index is 881. The predicted molar refractivity (Wildman–Crippen MR) is 130 cm³/mol. The minimum absolute atomic E-state index is 0.0887. The topological polar surface area (TPSA) is 54.0 Å². The molecule has 0 bridgehead atoms. The summed E-state index contributed by atoms with van der Waals surface area (Å²) in [4.78, 5) is 19.4. The molecule has 1 aliphatic heterocycles. The Morgan fingerprint density at radius 2 is 1.94 bits per heavy atom. The Labute approximate surface area is 191 Å². The van der Waals surface area contributed by atoms with Crippen LogP contribution >= 0.6 is 11.3 Å². The fraction of sp³-hybridized carbons (Fsp3) is 0.615. The van der Waals surface area contributed by atoms with E-state index in [2.05, 4.69) is 48.7 Å². The van der Waals surface area contributed by atoms with Gasteiger partial charge in [0.25, 0.3) is 0 Å². The summed E-state index contributed by atoms with van der Waals surface area (Å²) in [5, 5.41) is 8.15. The molecule has 4 nitrogen and oxygen atoms in total. The van der Waals surface area contributed by atoms with Gasteiger partial charge in [-0.2, -0.15) is 0 Å². The van der Waals surface area contributed by atoms with Gasteiger partial charge in [-0.1, -0.05) is 63.8 Å². The number of hydrogen-bond donors (Lipinski definition) is 2. The van der Waals surface area contributed by atoms with Crippen LogP contribution in [0.2, 0.25) is 0 Å². The first-order valence-corrected chi connectivity index (χ1v) is 12.9. The summed E-state index contributed by atoms with van der Waals surface area (Å²) in [6, 6.07) is 8.82. The predicted octanol–water partition coefficient (Wildman–Crippen LogP) is 5.72. The monoisotopic (exact) mass is 439 g/mol. The summed E-state index contributed by atoms with van der Waals surface area (Å²) in [5.41, 5.74) is 3.34. The molecule has 0 spiro atoms. The zero-order chi connectivity index (χ0) is 21.8. The van der Waals surface area contributed by atoms with Crippen LogP contribution in [0.25, 0.3) is 10.6 Å². The van der Waals surface area contributed by atoms with Crippen molar-refractivity contribution in [3.05, 3.63) is 40.4 Å². The zero-order valence-corrected chi connectivity index (χ0v) is 20.1. The molecule has 0 amide bonds. The highest BCUT2D eigenvalue weighted by Gasteiger charge is 2.29. The van der Waals surface area contributed by atoms with E-state index < -0.39 is 0 Å². The van der Waals surface area contributed by atoms with E-state index in [1.54, 1.807) is 11.3 Å². The molecule has 1 aromatic carbocycles. The molecule has 2 fully saturated rings. The fourth-order valence-corrected chi connectivity index (χ4v) is 5.78. The van der Waals surface area contributed by atoms with Crippen LogP contribution in [-0.4, -0.2) is 35.9 Å². The number of ketones is 1. The Balaban J connectivity index is 1.54. The van der Waals surface area contributed by atoms with Gasteiger partial charge in [0.15, 0.2) is 5.78 Å². The number of hydrogen-bond acceptors (Lipinski definition) is 5. The van der Waals surface area contributed by atoms with E-state index >= 15 is 0 Å². The highest BCUT2D eigenvalue weighted by molar-refractivity contribution is 7.17. The third kappa shape index (κ3) is 5.82. The van der Waals surface area contributed by atoms with E-state index in [0.29, 0.717) is 12.0 Å². The Hall–Kier alpha value is -1.56. The average Bonchev–Trinajstić information content (AvgIpc) is 3.52. The first kappa shape index (κ1) is 22.6. The van der Waals surface area contributed by atoms with Gasteiger partial charge in [0.1, 0.15) is 5.01 Å². The van der Waals surface area contributed by atoms with Crippen molar-refractivity contribution in [1.29, 1.82) is 0 Å². The number of thiazole rings is 1. The molecule has 2 heterocycles. The number of aromatic nitrogens is 1. The van der Waals surface area contributed by atoms with Crippen molar-refractivity contribution in [1.82, 2.24) is 15.6 Å². The van der Waals surface area contributed by atoms with E-state index in [4.69, 9.17) is 4.98 Å². The molecule has 1 aromatic heterocycles. The van der Waals surface area contributed by atoms with Gasteiger partial charge in [-0.3, -0.25) is 4.79 Å². The lowest BCUT2D eigenvalue weighted by molar-refractivity contribution is 0.0927. The molecule has 1 aliphatic carbocycles. The Morgan fingerprint density at radius 1 is 1.19 bits per heavy atom. The van der Waals surface area contributed by atoms with Crippen molar-refractivity contribution >= 4 is 17.1 Å². The van der Waals surface area contributed by atoms with Gasteiger partial charge in [-0.25, -0.2) is 4.98 Å². The molecule has 2 aliphatic rings. The minimum Gasteiger partial charge on any atom is -0.317 e. The molecule has 2 aromatic rings. The Morgan fingerprint density at radius 3 is 2.65 bits per heavy atom. The van der Waals surface area contributed by atoms with Gasteiger partial charge >= 0.3 is 0 Å². The van der Waals surface area contributed by atoms with Gasteiger partial charge in [-0.05, 0) is 56.7 Å². The van der Waals surface area contributed by atoms with Gasteiger partial charge in [0.05, 0.1) is 16.6 Å². The van der Waals surface area contributed by atoms with Crippen molar-refractivity contribution in [2.24, 2.45) is 5.92 Å². The van der Waals surface area contributed by atoms with E-state index in [0.717, 1.165) is 60.3 Å². The van der Waals surface area contributed by atoms with Gasteiger partial charge in [0.2, 0.25) is 0 Å². The van der Waals surface area contributed by atoms with Crippen LogP contribution in [0.4, 0.5) is 0 Å². The molecule has 0 radical (unpaired) electrons. The quantitative estimate of drug-likeness (QED) is 0.465. The molecule has 31 heavy (non-hydrogen) atoms. The number of carbonyl (C=O) groups is 1. The summed E-state index contributed by atoms with van der Waals surface area (Å²) in [6.07, 6.45) is 8.31. The molecule has 1 saturated heterocycles. The molecule has 5 heteroatoms. The number of benzene rings is 1. The molecule has 1 atom stereocenters. The van der Waals surface area contributed by atoms with Gasteiger partial charge in [0, 0.05) is 11.6 Å². The SMILES string of the molecule is Cc1nc(-c2ccccc2C(C)C)sc1C(=O)C(CCCC1CC1)NC1CCNCC1. The van der Waals surface area contributed by atoms with Crippen molar-refractivity contribution < 1.29 is 4.79 Å². The Kier molecular flexibility index (Phi) is 7.57. The smallest absolute Gasteiger partial charge is 0.191 e. The summed E-state index contributed by atoms with van der Waals surface area (Å²) >= 11 is 1.58. The minimum atomic E-state index is -0.0887. The normalized spacial score (nSPS) is 18.5. The van der Waals surface area contributed by atoms with Crippen molar-refractivity contribution in [2.45, 2.75) is 83.7 Å². The molecule has 1 saturated carbocycles. The van der Waals surface area contributed by atoms with Crippen LogP contribution in [0.1, 0.15) is 85.6 Å². The molecular weight excluding hydrogens is 402 g/mol. The number of Topliss-reactive ketones (excluding diaryl/α,β-unsaturated/α-hetero) is 1. The number of nitrogens with one attached hydrogen (secondary N) is 2. The average molecular weight is 440 g/mol. The number of nitrogens with zero attached hydrogens (tertiary/aromatic N) is 1. The molecular formula is C26H37N3OS. The summed E-state index contributed by atoms with van der Waals surface area (Å²) in [5.74, 6) is 1.59. The second kappa shape index (κ2) is 10.4. The lowest BCUT2D eigenvalue weighted by atomic mass is 9.97. The second-order valence-electron chi connectivity index (χ2n) is 9.66. The van der Waals surface area contributed by atoms with Crippen LogP contribution < -0.4 is 10.6 Å². The zero-order valence-electron chi connectivity index (χ0n) is 19.2. The summed E-state index contributed by atoms with van der Waals surface area (Å²) < 4.78 is 0. The van der Waals surface area contributed by atoms with Crippen LogP contribution in [0.3, 0.4) is 0 Å². The third-order valence-corrected chi connectivity index (χ3v) is 7.93. The largest absolute Gasteiger partial charge is 0.317 e. The lowest BCUT2D eigenvalue weighted by Gasteiger charge is -2.28. The van der Waals surface area contributed by atoms with Crippen LogP contribution in [-0.2, 0) is 0 Å². The van der Waals surface area contributed by atoms with Crippen molar-refractivity contribution in [2.75, 3.05) is 13.1 Å². The molecule has 168 valence electrons. The molecule has 4 rings (SSSR count). The van der Waals surface area contributed by atoms with Crippen LogP contribution in [0.15, 0.2) is 24.3 Å². The third-order valence-electron chi connectivity index (χ3n) is 6.73. The molecule has 2 N–H and O–H groups in total. The highest BCUT2D eigenvalue weighted by Crippen LogP contribution is 2.36. The standard InChI is InChI=1S/C26H37N3OS/c1-17(2)21-8-4-5-9-22(21)26-28-18(3)25(31-26)24(30)23(10-6-7-19-11-12-19)29-20-13-15-27-16-14-20/h4-5,8-9,17,19-20,23,27,29H,6-7,10-16H2,1-3H3. The second-order valence-corrected chi connectivity index (χ2v) is 10.7. The fourth-order valence-electron chi connectivity index (χ4n) is 4.67. The van der Waals surface area contributed by atoms with Crippen LogP contribution in [0.5, 0.6) is 0 Å². The first-order valence-electron chi connectivity index (χ1n) is 12.1. The van der Waals surface area contributed by atoms with Crippen molar-refractivity contribution in [3.8, 4) is 10.6 Å². The maximum atomic E-state index is 13.7. The maximum Gasteiger partial charge on any atom is 0.191 e. The van der Waals surface area contributed by atoms with E-state index in [1.165, 1.54) is 30.4 Å². The van der Waals surface area contributed by atoms with E-state index in [1.807, 2.05) is 6.92 Å².